The average molecular weight is 431 g/mol. The van der Waals surface area contributed by atoms with E-state index >= 15 is 0 Å². The van der Waals surface area contributed by atoms with Gasteiger partial charge in [-0.3, -0.25) is 9.59 Å². The van der Waals surface area contributed by atoms with E-state index in [2.05, 4.69) is 5.32 Å². The average Bonchev–Trinajstić information content (AvgIpc) is 3.15. The first kappa shape index (κ1) is 21.1. The summed E-state index contributed by atoms with van der Waals surface area (Å²) in [7, 11) is 0. The van der Waals surface area contributed by atoms with Gasteiger partial charge < -0.3 is 19.6 Å². The van der Waals surface area contributed by atoms with E-state index in [0.29, 0.717) is 47.4 Å². The molecule has 0 radical (unpaired) electrons. The second-order valence-corrected chi connectivity index (χ2v) is 7.29. The highest BCUT2D eigenvalue weighted by Crippen LogP contribution is 2.35. The van der Waals surface area contributed by atoms with Gasteiger partial charge in [0.1, 0.15) is 17.1 Å². The summed E-state index contributed by atoms with van der Waals surface area (Å²) < 4.78 is 11.7. The summed E-state index contributed by atoms with van der Waals surface area (Å²) in [6.45, 7) is 2.51. The number of benzene rings is 2. The van der Waals surface area contributed by atoms with E-state index in [4.69, 9.17) is 14.3 Å². The highest BCUT2D eigenvalue weighted by atomic mass is 16.5. The number of aliphatic carboxylic acids is 1. The molecule has 0 aliphatic heterocycles. The molecule has 0 atom stereocenters. The lowest BCUT2D eigenvalue weighted by molar-refractivity contribution is -0.131. The number of rotatable bonds is 6. The zero-order chi connectivity index (χ0) is 22.7. The van der Waals surface area contributed by atoms with Gasteiger partial charge in [0.15, 0.2) is 5.43 Å². The Morgan fingerprint density at radius 3 is 2.78 bits per heavy atom. The van der Waals surface area contributed by atoms with Crippen LogP contribution in [0.5, 0.6) is 5.75 Å². The highest BCUT2D eigenvalue weighted by molar-refractivity contribution is 6.03. The molecule has 2 aromatic carbocycles. The number of carboxylic acids is 1. The number of fused-ring (bicyclic) bond motifs is 2. The Bertz CT molecular complexity index is 1330. The van der Waals surface area contributed by atoms with E-state index in [1.165, 1.54) is 0 Å². The van der Waals surface area contributed by atoms with E-state index in [0.717, 1.165) is 29.0 Å². The van der Waals surface area contributed by atoms with Crippen molar-refractivity contribution in [3.05, 3.63) is 81.7 Å². The molecule has 3 aromatic rings. The number of carbonyl (C=O) groups is 2. The third-order valence-electron chi connectivity index (χ3n) is 5.08. The summed E-state index contributed by atoms with van der Waals surface area (Å²) in [5.41, 5.74) is 3.18. The van der Waals surface area contributed by atoms with E-state index in [9.17, 15) is 14.4 Å². The molecule has 0 spiro atoms. The fourth-order valence-electron chi connectivity index (χ4n) is 3.70. The first-order valence-electron chi connectivity index (χ1n) is 10.2. The number of hydrogen-bond donors (Lipinski definition) is 2. The molecule has 0 saturated heterocycles. The summed E-state index contributed by atoms with van der Waals surface area (Å²) in [5.74, 6) is -0.479. The molecule has 1 aliphatic rings. The van der Waals surface area contributed by atoms with Gasteiger partial charge >= 0.3 is 5.97 Å². The highest BCUT2D eigenvalue weighted by Gasteiger charge is 2.24. The number of carbonyl (C=O) groups excluding carboxylic acids is 1. The van der Waals surface area contributed by atoms with Crippen LogP contribution in [0.4, 0.5) is 5.69 Å². The lowest BCUT2D eigenvalue weighted by atomic mass is 10.1. The number of hydrogen-bond acceptors (Lipinski definition) is 5. The summed E-state index contributed by atoms with van der Waals surface area (Å²) in [4.78, 5) is 35.4. The summed E-state index contributed by atoms with van der Waals surface area (Å²) in [6, 6.07) is 12.5. The van der Waals surface area contributed by atoms with Crippen LogP contribution in [0.15, 0.2) is 63.8 Å². The Balaban J connectivity index is 1.69. The van der Waals surface area contributed by atoms with Crippen molar-refractivity contribution in [2.45, 2.75) is 19.8 Å². The van der Waals surface area contributed by atoms with Gasteiger partial charge in [0, 0.05) is 29.5 Å². The van der Waals surface area contributed by atoms with Crippen molar-refractivity contribution in [2.24, 2.45) is 0 Å². The predicted molar refractivity (Wildman–Crippen MR) is 122 cm³/mol. The van der Waals surface area contributed by atoms with E-state index < -0.39 is 11.9 Å². The van der Waals surface area contributed by atoms with Crippen LogP contribution in [0.3, 0.4) is 0 Å². The van der Waals surface area contributed by atoms with Crippen molar-refractivity contribution in [3.8, 4) is 5.75 Å². The molecule has 0 bridgehead atoms. The molecule has 32 heavy (non-hydrogen) atoms. The van der Waals surface area contributed by atoms with Crippen LogP contribution in [-0.2, 0) is 16.0 Å². The summed E-state index contributed by atoms with van der Waals surface area (Å²) in [5, 5.41) is 11.6. The van der Waals surface area contributed by atoms with Crippen LogP contribution in [0.25, 0.3) is 22.6 Å². The monoisotopic (exact) mass is 431 g/mol. The van der Waals surface area contributed by atoms with E-state index in [1.54, 1.807) is 18.2 Å². The van der Waals surface area contributed by atoms with Crippen LogP contribution in [0, 0.1) is 0 Å². The maximum absolute atomic E-state index is 13.0. The summed E-state index contributed by atoms with van der Waals surface area (Å²) >= 11 is 0. The third kappa shape index (κ3) is 4.46. The molecule has 1 heterocycles. The second kappa shape index (κ2) is 8.93. The Morgan fingerprint density at radius 2 is 2.00 bits per heavy atom. The maximum Gasteiger partial charge on any atom is 0.328 e. The number of anilines is 1. The predicted octanol–water partition coefficient (Wildman–Crippen LogP) is 4.26. The summed E-state index contributed by atoms with van der Waals surface area (Å²) in [6.07, 6.45) is 4.95. The molecule has 0 unspecified atom stereocenters. The first-order chi connectivity index (χ1) is 15.4. The van der Waals surface area contributed by atoms with Crippen molar-refractivity contribution in [1.82, 2.24) is 0 Å². The van der Waals surface area contributed by atoms with Gasteiger partial charge in [0.2, 0.25) is 5.91 Å². The van der Waals surface area contributed by atoms with Gasteiger partial charge in [-0.05, 0) is 61.2 Å². The molecular weight excluding hydrogens is 410 g/mol. The molecule has 7 nitrogen and oxygen atoms in total. The Labute approximate surface area is 183 Å². The lowest BCUT2D eigenvalue weighted by Crippen LogP contribution is -2.11. The molecule has 7 heteroatoms. The molecule has 1 aromatic heterocycles. The fourth-order valence-corrected chi connectivity index (χ4v) is 3.70. The largest absolute Gasteiger partial charge is 0.494 e. The minimum Gasteiger partial charge on any atom is -0.494 e. The fraction of sp³-hybridized carbons (Fsp3) is 0.160. The molecule has 1 amide bonds. The van der Waals surface area contributed by atoms with Crippen molar-refractivity contribution in [2.75, 3.05) is 11.9 Å². The standard InChI is InChI=1S/C25H21NO6/c1-2-31-18-5-3-4-15(13-18)12-16-6-8-20-24(30)19-9-7-17(14-21(19)32-25(16)20)26-22(27)10-11-23(28)29/h3-5,7,9-14H,2,6,8H2,1H3,(H,26,27)(H,28,29)/b11-10-,16-12-. The van der Waals surface area contributed by atoms with E-state index in [1.807, 2.05) is 37.3 Å². The van der Waals surface area contributed by atoms with Gasteiger partial charge in [0.25, 0.3) is 0 Å². The Kier molecular flexibility index (Phi) is 5.89. The van der Waals surface area contributed by atoms with Gasteiger partial charge in [-0.1, -0.05) is 12.1 Å². The Morgan fingerprint density at radius 1 is 1.16 bits per heavy atom. The van der Waals surface area contributed by atoms with Gasteiger partial charge in [-0.25, -0.2) is 4.79 Å². The molecule has 0 fully saturated rings. The minimum atomic E-state index is -1.22. The number of amides is 1. The number of nitrogens with one attached hydrogen (secondary N) is 1. The van der Waals surface area contributed by atoms with Crippen molar-refractivity contribution >= 4 is 40.2 Å². The molecule has 1 aliphatic carbocycles. The van der Waals surface area contributed by atoms with Crippen molar-refractivity contribution in [3.63, 3.8) is 0 Å². The lowest BCUT2D eigenvalue weighted by Gasteiger charge is -2.07. The molecule has 162 valence electrons. The van der Waals surface area contributed by atoms with Crippen molar-refractivity contribution < 1.29 is 23.8 Å². The molecule has 0 saturated carbocycles. The van der Waals surface area contributed by atoms with Crippen LogP contribution >= 0.6 is 0 Å². The first-order valence-corrected chi connectivity index (χ1v) is 10.2. The molecule has 2 N–H and O–H groups in total. The van der Waals surface area contributed by atoms with Gasteiger partial charge in [-0.15, -0.1) is 0 Å². The Hall–Kier alpha value is -4.13. The van der Waals surface area contributed by atoms with Crippen LogP contribution in [0.1, 0.15) is 30.2 Å². The third-order valence-corrected chi connectivity index (χ3v) is 5.08. The van der Waals surface area contributed by atoms with Crippen molar-refractivity contribution in [1.29, 1.82) is 0 Å². The molecule has 4 rings (SSSR count). The number of allylic oxidation sites excluding steroid dienone is 1. The minimum absolute atomic E-state index is 0.0867. The normalized spacial score (nSPS) is 14.1. The van der Waals surface area contributed by atoms with Crippen LogP contribution in [-0.4, -0.2) is 23.6 Å². The topological polar surface area (TPSA) is 106 Å². The number of ether oxygens (including phenoxy) is 1. The zero-order valence-electron chi connectivity index (χ0n) is 17.4. The smallest absolute Gasteiger partial charge is 0.328 e. The van der Waals surface area contributed by atoms with E-state index in [-0.39, 0.29) is 5.43 Å². The maximum atomic E-state index is 13.0. The van der Waals surface area contributed by atoms with Gasteiger partial charge in [0.05, 0.1) is 12.0 Å². The van der Waals surface area contributed by atoms with Crippen LogP contribution in [0.2, 0.25) is 0 Å². The second-order valence-electron chi connectivity index (χ2n) is 7.29. The van der Waals surface area contributed by atoms with Crippen LogP contribution < -0.4 is 15.5 Å². The SMILES string of the molecule is CCOc1cccc(/C=C2/CCc3c2oc2cc(NC(=O)/C=C\C(=O)O)ccc2c3=O)c1. The molecular formula is C25H21NO6. The zero-order valence-corrected chi connectivity index (χ0v) is 17.4. The number of carboxylic acid groups (broad SMARTS) is 1. The van der Waals surface area contributed by atoms with Gasteiger partial charge in [-0.2, -0.15) is 0 Å². The quantitative estimate of drug-likeness (QED) is 0.565.